The molecule has 3 rings (SSSR count). The third-order valence-corrected chi connectivity index (χ3v) is 6.24. The molecule has 0 aromatic heterocycles. The van der Waals surface area contributed by atoms with Gasteiger partial charge in [-0.3, -0.25) is 9.59 Å². The Morgan fingerprint density at radius 2 is 1.77 bits per heavy atom. The van der Waals surface area contributed by atoms with Gasteiger partial charge in [-0.25, -0.2) is 0 Å². The molecule has 0 radical (unpaired) electrons. The van der Waals surface area contributed by atoms with Gasteiger partial charge in [-0.05, 0) is 62.4 Å². The maximum Gasteiger partial charge on any atom is 0.225 e. The van der Waals surface area contributed by atoms with E-state index in [1.807, 2.05) is 47.4 Å². The van der Waals surface area contributed by atoms with E-state index in [4.69, 9.17) is 4.74 Å². The lowest BCUT2D eigenvalue weighted by atomic mass is 9.95. The number of amides is 2. The van der Waals surface area contributed by atoms with E-state index in [2.05, 4.69) is 40.3 Å². The lowest BCUT2D eigenvalue weighted by Gasteiger charge is -2.32. The van der Waals surface area contributed by atoms with Crippen LogP contribution in [0.3, 0.4) is 0 Å². The van der Waals surface area contributed by atoms with Crippen LogP contribution in [0.25, 0.3) is 0 Å². The predicted molar refractivity (Wildman–Crippen MR) is 126 cm³/mol. The van der Waals surface area contributed by atoms with E-state index in [9.17, 15) is 9.59 Å². The molecule has 1 N–H and O–H groups in total. The first kappa shape index (κ1) is 23.3. The summed E-state index contributed by atoms with van der Waals surface area (Å²) in [5.41, 5.74) is 1.27. The summed E-state index contributed by atoms with van der Waals surface area (Å²) in [6, 6.07) is 18.0. The number of rotatable bonds is 9. The van der Waals surface area contributed by atoms with Crippen LogP contribution in [0, 0.1) is 5.92 Å². The van der Waals surface area contributed by atoms with Crippen molar-refractivity contribution in [2.24, 2.45) is 5.92 Å². The fraction of sp³-hybridized carbons (Fsp3) is 0.440. The Kier molecular flexibility index (Phi) is 8.95. The molecular weight excluding hydrogens is 456 g/mol. The Bertz CT molecular complexity index is 834. The van der Waals surface area contributed by atoms with Crippen molar-refractivity contribution in [3.8, 4) is 5.75 Å². The third kappa shape index (κ3) is 7.69. The molecule has 1 atom stereocenters. The van der Waals surface area contributed by atoms with Gasteiger partial charge in [0.1, 0.15) is 5.75 Å². The number of carbonyl (C=O) groups excluding carboxylic acids is 2. The highest BCUT2D eigenvalue weighted by Crippen LogP contribution is 2.19. The highest BCUT2D eigenvalue weighted by atomic mass is 79.9. The molecule has 1 aliphatic rings. The first-order valence-electron chi connectivity index (χ1n) is 11.0. The minimum Gasteiger partial charge on any atom is -0.493 e. The molecule has 2 amide bonds. The number of benzene rings is 2. The topological polar surface area (TPSA) is 58.6 Å². The second-order valence-corrected chi connectivity index (χ2v) is 9.06. The van der Waals surface area contributed by atoms with Gasteiger partial charge in [0.2, 0.25) is 11.8 Å². The minimum atomic E-state index is -0.0141. The van der Waals surface area contributed by atoms with E-state index in [1.54, 1.807) is 0 Å². The monoisotopic (exact) mass is 486 g/mol. The molecule has 6 heteroatoms. The molecule has 166 valence electrons. The van der Waals surface area contributed by atoms with E-state index in [1.165, 1.54) is 5.56 Å². The molecular formula is C25H31BrN2O3. The van der Waals surface area contributed by atoms with Crippen molar-refractivity contribution in [3.63, 3.8) is 0 Å². The molecule has 1 aliphatic heterocycles. The Balaban J connectivity index is 1.33. The van der Waals surface area contributed by atoms with Gasteiger partial charge >= 0.3 is 0 Å². The summed E-state index contributed by atoms with van der Waals surface area (Å²) in [6.45, 7) is 3.70. The fourth-order valence-corrected chi connectivity index (χ4v) is 4.05. The van der Waals surface area contributed by atoms with Crippen molar-refractivity contribution >= 4 is 27.7 Å². The summed E-state index contributed by atoms with van der Waals surface area (Å²) in [7, 11) is 0. The van der Waals surface area contributed by atoms with E-state index >= 15 is 0 Å². The molecule has 0 spiro atoms. The van der Waals surface area contributed by atoms with Crippen LogP contribution < -0.4 is 10.1 Å². The lowest BCUT2D eigenvalue weighted by molar-refractivity contribution is -0.136. The number of nitrogens with one attached hydrogen (secondary N) is 1. The van der Waals surface area contributed by atoms with Crippen LogP contribution in [0.2, 0.25) is 0 Å². The summed E-state index contributed by atoms with van der Waals surface area (Å²) in [4.78, 5) is 26.9. The van der Waals surface area contributed by atoms with Crippen LogP contribution in [-0.4, -0.2) is 42.5 Å². The second kappa shape index (κ2) is 11.9. The van der Waals surface area contributed by atoms with Crippen LogP contribution in [-0.2, 0) is 16.0 Å². The summed E-state index contributed by atoms with van der Waals surface area (Å²) in [5.74, 6) is 0.972. The standard InChI is InChI=1S/C25H31BrN2O3/c1-19(7-8-20-9-11-22(26)12-10-20)27-25(30)21-13-16-28(17-14-21)24(29)15-18-31-23-5-3-2-4-6-23/h2-6,9-12,19,21H,7-8,13-18H2,1H3,(H,27,30). The van der Waals surface area contributed by atoms with E-state index in [0.717, 1.165) is 35.9 Å². The van der Waals surface area contributed by atoms with E-state index in [0.29, 0.717) is 26.1 Å². The predicted octanol–water partition coefficient (Wildman–Crippen LogP) is 4.59. The number of likely N-dealkylation sites (tertiary alicyclic amines) is 1. The average molecular weight is 487 g/mol. The number of para-hydroxylation sites is 1. The maximum atomic E-state index is 12.6. The van der Waals surface area contributed by atoms with Gasteiger partial charge in [-0.15, -0.1) is 0 Å². The first-order valence-corrected chi connectivity index (χ1v) is 11.8. The first-order chi connectivity index (χ1) is 15.0. The SMILES string of the molecule is CC(CCc1ccc(Br)cc1)NC(=O)C1CCN(C(=O)CCOc2ccccc2)CC1. The van der Waals surface area contributed by atoms with E-state index in [-0.39, 0.29) is 23.8 Å². The second-order valence-electron chi connectivity index (χ2n) is 8.14. The van der Waals surface area contributed by atoms with Gasteiger partial charge in [0.05, 0.1) is 13.0 Å². The highest BCUT2D eigenvalue weighted by Gasteiger charge is 2.27. The van der Waals surface area contributed by atoms with Crippen molar-refractivity contribution in [3.05, 3.63) is 64.6 Å². The third-order valence-electron chi connectivity index (χ3n) is 5.71. The largest absolute Gasteiger partial charge is 0.493 e. The van der Waals surface area contributed by atoms with Gasteiger partial charge in [0, 0.05) is 29.5 Å². The number of hydrogen-bond donors (Lipinski definition) is 1. The summed E-state index contributed by atoms with van der Waals surface area (Å²) >= 11 is 3.45. The van der Waals surface area contributed by atoms with Gasteiger partial charge in [0.15, 0.2) is 0 Å². The highest BCUT2D eigenvalue weighted by molar-refractivity contribution is 9.10. The smallest absolute Gasteiger partial charge is 0.225 e. The van der Waals surface area contributed by atoms with Crippen molar-refractivity contribution in [2.45, 2.75) is 45.1 Å². The van der Waals surface area contributed by atoms with E-state index < -0.39 is 0 Å². The molecule has 1 fully saturated rings. The normalized spacial score (nSPS) is 15.4. The summed E-state index contributed by atoms with van der Waals surface area (Å²) < 4.78 is 6.69. The molecule has 0 saturated carbocycles. The zero-order valence-corrected chi connectivity index (χ0v) is 19.6. The molecule has 1 heterocycles. The van der Waals surface area contributed by atoms with Crippen LogP contribution in [0.15, 0.2) is 59.1 Å². The Labute approximate surface area is 193 Å². The molecule has 1 unspecified atom stereocenters. The van der Waals surface area contributed by atoms with Gasteiger partial charge < -0.3 is 15.0 Å². The van der Waals surface area contributed by atoms with Crippen molar-refractivity contribution in [2.75, 3.05) is 19.7 Å². The number of nitrogens with zero attached hydrogens (tertiary/aromatic N) is 1. The Morgan fingerprint density at radius 3 is 2.45 bits per heavy atom. The van der Waals surface area contributed by atoms with Crippen LogP contribution >= 0.6 is 15.9 Å². The Hall–Kier alpha value is -2.34. The maximum absolute atomic E-state index is 12.6. The number of hydrogen-bond acceptors (Lipinski definition) is 3. The lowest BCUT2D eigenvalue weighted by Crippen LogP contribution is -2.45. The van der Waals surface area contributed by atoms with Gasteiger partial charge in [0.25, 0.3) is 0 Å². The molecule has 0 aliphatic carbocycles. The molecule has 5 nitrogen and oxygen atoms in total. The van der Waals surface area contributed by atoms with Crippen molar-refractivity contribution in [1.82, 2.24) is 10.2 Å². The molecule has 0 bridgehead atoms. The Morgan fingerprint density at radius 1 is 1.10 bits per heavy atom. The fourth-order valence-electron chi connectivity index (χ4n) is 3.79. The van der Waals surface area contributed by atoms with Crippen molar-refractivity contribution < 1.29 is 14.3 Å². The number of carbonyl (C=O) groups is 2. The molecule has 2 aromatic carbocycles. The number of ether oxygens (including phenoxy) is 1. The summed E-state index contributed by atoms with van der Waals surface area (Å²) in [6.07, 6.45) is 3.64. The summed E-state index contributed by atoms with van der Waals surface area (Å²) in [5, 5.41) is 3.16. The quantitative estimate of drug-likeness (QED) is 0.563. The molecule has 31 heavy (non-hydrogen) atoms. The van der Waals surface area contributed by atoms with Crippen molar-refractivity contribution in [1.29, 1.82) is 0 Å². The van der Waals surface area contributed by atoms with Gasteiger partial charge in [-0.1, -0.05) is 46.3 Å². The van der Waals surface area contributed by atoms with Crippen LogP contribution in [0.1, 0.15) is 38.2 Å². The zero-order chi connectivity index (χ0) is 22.1. The minimum absolute atomic E-state index is 0.0141. The number of piperidine rings is 1. The molecule has 1 saturated heterocycles. The number of aryl methyl sites for hydroxylation is 1. The number of halogens is 1. The molecule has 2 aromatic rings. The van der Waals surface area contributed by atoms with Gasteiger partial charge in [-0.2, -0.15) is 0 Å². The average Bonchev–Trinajstić information content (AvgIpc) is 2.79. The zero-order valence-electron chi connectivity index (χ0n) is 18.1. The van der Waals surface area contributed by atoms with Crippen LogP contribution in [0.4, 0.5) is 0 Å². The van der Waals surface area contributed by atoms with Crippen LogP contribution in [0.5, 0.6) is 5.75 Å².